The van der Waals surface area contributed by atoms with E-state index in [2.05, 4.69) is 28.3 Å². The van der Waals surface area contributed by atoms with Crippen LogP contribution in [-0.2, 0) is 11.3 Å². The van der Waals surface area contributed by atoms with Crippen molar-refractivity contribution >= 4 is 16.9 Å². The molecule has 1 aliphatic heterocycles. The molecule has 2 aromatic rings. The lowest BCUT2D eigenvalue weighted by molar-refractivity contribution is -0.121. The van der Waals surface area contributed by atoms with Crippen LogP contribution < -0.4 is 5.32 Å². The van der Waals surface area contributed by atoms with E-state index in [1.165, 1.54) is 32.1 Å². The number of rotatable bonds is 7. The maximum atomic E-state index is 12.2. The van der Waals surface area contributed by atoms with Crippen molar-refractivity contribution in [2.45, 2.75) is 63.8 Å². The van der Waals surface area contributed by atoms with Gasteiger partial charge in [-0.2, -0.15) is 5.10 Å². The molecule has 1 unspecified atom stereocenters. The zero-order valence-electron chi connectivity index (χ0n) is 17.1. The lowest BCUT2D eigenvalue weighted by atomic mass is 9.86. The summed E-state index contributed by atoms with van der Waals surface area (Å²) in [5.41, 5.74) is 2.10. The van der Waals surface area contributed by atoms with Gasteiger partial charge in [0.25, 0.3) is 0 Å². The third kappa shape index (κ3) is 4.54. The Labute approximate surface area is 167 Å². The number of hydrogen-bond acceptors (Lipinski definition) is 4. The Kier molecular flexibility index (Phi) is 6.25. The minimum Gasteiger partial charge on any atom is -0.354 e. The molecule has 6 heteroatoms. The number of pyridine rings is 1. The smallest absolute Gasteiger partial charge is 0.220 e. The highest BCUT2D eigenvalue weighted by Crippen LogP contribution is 2.30. The van der Waals surface area contributed by atoms with Crippen LogP contribution in [0.25, 0.3) is 11.0 Å². The molecule has 1 amide bonds. The molecular formula is C22H33N5O. The van der Waals surface area contributed by atoms with Gasteiger partial charge in [0.15, 0.2) is 5.65 Å². The first-order chi connectivity index (χ1) is 13.7. The number of nitrogens with zero attached hydrogens (tertiary/aromatic N) is 4. The Morgan fingerprint density at radius 2 is 2.11 bits per heavy atom. The van der Waals surface area contributed by atoms with Gasteiger partial charge in [0.1, 0.15) is 0 Å². The van der Waals surface area contributed by atoms with Crippen molar-refractivity contribution in [2.75, 3.05) is 26.7 Å². The molecule has 28 heavy (non-hydrogen) atoms. The average Bonchev–Trinajstić information content (AvgIpc) is 3.31. The number of nitrogens with one attached hydrogen (secondary N) is 1. The Balaban J connectivity index is 1.32. The first kappa shape index (κ1) is 19.4. The maximum Gasteiger partial charge on any atom is 0.220 e. The summed E-state index contributed by atoms with van der Waals surface area (Å²) in [5, 5.41) is 9.14. The minimum atomic E-state index is 0.174. The predicted octanol–water partition coefficient (Wildman–Crippen LogP) is 3.33. The van der Waals surface area contributed by atoms with Gasteiger partial charge in [-0.25, -0.2) is 9.67 Å². The van der Waals surface area contributed by atoms with Gasteiger partial charge in [-0.3, -0.25) is 4.79 Å². The molecule has 1 aliphatic carbocycles. The Bertz CT molecular complexity index is 795. The van der Waals surface area contributed by atoms with Crippen molar-refractivity contribution in [1.82, 2.24) is 25.0 Å². The van der Waals surface area contributed by atoms with Gasteiger partial charge in [-0.15, -0.1) is 0 Å². The van der Waals surface area contributed by atoms with Gasteiger partial charge in [-0.05, 0) is 44.5 Å². The van der Waals surface area contributed by atoms with Crippen LogP contribution in [0.1, 0.15) is 63.0 Å². The molecule has 1 saturated heterocycles. The maximum absolute atomic E-state index is 12.2. The topological polar surface area (TPSA) is 63.1 Å². The molecule has 1 saturated carbocycles. The van der Waals surface area contributed by atoms with E-state index in [1.807, 2.05) is 16.9 Å². The molecule has 2 fully saturated rings. The van der Waals surface area contributed by atoms with Gasteiger partial charge in [0, 0.05) is 37.0 Å². The summed E-state index contributed by atoms with van der Waals surface area (Å²) in [6.45, 7) is 3.46. The summed E-state index contributed by atoms with van der Waals surface area (Å²) < 4.78 is 1.98. The minimum absolute atomic E-state index is 0.174. The standard InChI is InChI=1S/C22H33N5O/c1-26-14-11-18(16-26)21-19-8-5-12-24-22(19)27(25-21)15-13-23-20(28)10-9-17-6-3-2-4-7-17/h5,8,12,17-18H,2-4,6-7,9-11,13-16H2,1H3,(H,23,28). The van der Waals surface area contributed by atoms with E-state index in [9.17, 15) is 4.79 Å². The summed E-state index contributed by atoms with van der Waals surface area (Å²) >= 11 is 0. The van der Waals surface area contributed by atoms with E-state index in [0.29, 0.717) is 25.4 Å². The molecule has 1 N–H and O–H groups in total. The fourth-order valence-electron chi connectivity index (χ4n) is 4.85. The van der Waals surface area contributed by atoms with Crippen molar-refractivity contribution in [1.29, 1.82) is 0 Å². The molecule has 2 aliphatic rings. The molecule has 0 spiro atoms. The number of fused-ring (bicyclic) bond motifs is 1. The number of carbonyl (C=O) groups is 1. The summed E-state index contributed by atoms with van der Waals surface area (Å²) in [4.78, 5) is 19.1. The average molecular weight is 384 g/mol. The third-order valence-electron chi connectivity index (χ3n) is 6.46. The molecular weight excluding hydrogens is 350 g/mol. The Morgan fingerprint density at radius 3 is 2.89 bits per heavy atom. The first-order valence-corrected chi connectivity index (χ1v) is 11.0. The monoisotopic (exact) mass is 383 g/mol. The van der Waals surface area contributed by atoms with Crippen molar-refractivity contribution < 1.29 is 4.79 Å². The molecule has 0 bridgehead atoms. The fourth-order valence-corrected chi connectivity index (χ4v) is 4.85. The van der Waals surface area contributed by atoms with Crippen LogP contribution in [0.3, 0.4) is 0 Å². The van der Waals surface area contributed by atoms with Crippen LogP contribution in [0.15, 0.2) is 18.3 Å². The van der Waals surface area contributed by atoms with Gasteiger partial charge in [0.05, 0.1) is 12.2 Å². The fraction of sp³-hybridized carbons (Fsp3) is 0.682. The van der Waals surface area contributed by atoms with E-state index < -0.39 is 0 Å². The first-order valence-electron chi connectivity index (χ1n) is 11.0. The predicted molar refractivity (Wildman–Crippen MR) is 111 cm³/mol. The molecule has 2 aromatic heterocycles. The number of aromatic nitrogens is 3. The largest absolute Gasteiger partial charge is 0.354 e. The normalized spacial score (nSPS) is 21.4. The van der Waals surface area contributed by atoms with Crippen LogP contribution in [0.5, 0.6) is 0 Å². The van der Waals surface area contributed by atoms with Crippen molar-refractivity contribution in [2.24, 2.45) is 5.92 Å². The van der Waals surface area contributed by atoms with Crippen LogP contribution in [0.4, 0.5) is 0 Å². The van der Waals surface area contributed by atoms with Crippen LogP contribution in [0, 0.1) is 5.92 Å². The summed E-state index contributed by atoms with van der Waals surface area (Å²) in [5.74, 6) is 1.40. The second kappa shape index (κ2) is 9.03. The second-order valence-electron chi connectivity index (χ2n) is 8.62. The van der Waals surface area contributed by atoms with Crippen LogP contribution in [0.2, 0.25) is 0 Å². The zero-order chi connectivity index (χ0) is 19.3. The third-order valence-corrected chi connectivity index (χ3v) is 6.46. The number of amides is 1. The van der Waals surface area contributed by atoms with Crippen molar-refractivity contribution in [3.8, 4) is 0 Å². The molecule has 152 valence electrons. The zero-order valence-corrected chi connectivity index (χ0v) is 17.1. The highest BCUT2D eigenvalue weighted by atomic mass is 16.1. The lowest BCUT2D eigenvalue weighted by Gasteiger charge is -2.20. The SMILES string of the molecule is CN1CCC(c2nn(CCNC(=O)CCC3CCCCC3)c3ncccc23)C1. The number of likely N-dealkylation sites (tertiary alicyclic amines) is 1. The number of hydrogen-bond donors (Lipinski definition) is 1. The molecule has 6 nitrogen and oxygen atoms in total. The van der Waals surface area contributed by atoms with Gasteiger partial charge in [0.2, 0.25) is 5.91 Å². The molecule has 0 aromatic carbocycles. The summed E-state index contributed by atoms with van der Waals surface area (Å²) in [7, 11) is 2.17. The van der Waals surface area contributed by atoms with Gasteiger partial charge >= 0.3 is 0 Å². The van der Waals surface area contributed by atoms with Crippen molar-refractivity contribution in [3.63, 3.8) is 0 Å². The number of likely N-dealkylation sites (N-methyl/N-ethyl adjacent to an activating group) is 1. The quantitative estimate of drug-likeness (QED) is 0.797. The molecule has 4 rings (SSSR count). The van der Waals surface area contributed by atoms with E-state index in [-0.39, 0.29) is 5.91 Å². The summed E-state index contributed by atoms with van der Waals surface area (Å²) in [6.07, 6.45) is 11.3. The Morgan fingerprint density at radius 1 is 1.25 bits per heavy atom. The van der Waals surface area contributed by atoms with Gasteiger partial charge in [-0.1, -0.05) is 32.1 Å². The van der Waals surface area contributed by atoms with E-state index in [4.69, 9.17) is 5.10 Å². The molecule has 1 atom stereocenters. The lowest BCUT2D eigenvalue weighted by Crippen LogP contribution is -2.28. The molecule has 3 heterocycles. The van der Waals surface area contributed by atoms with Crippen molar-refractivity contribution in [3.05, 3.63) is 24.0 Å². The number of carbonyl (C=O) groups excluding carboxylic acids is 1. The van der Waals surface area contributed by atoms with Crippen LogP contribution >= 0.6 is 0 Å². The van der Waals surface area contributed by atoms with Crippen LogP contribution in [-0.4, -0.2) is 52.3 Å². The van der Waals surface area contributed by atoms with E-state index >= 15 is 0 Å². The van der Waals surface area contributed by atoms with E-state index in [0.717, 1.165) is 48.6 Å². The van der Waals surface area contributed by atoms with E-state index in [1.54, 1.807) is 0 Å². The summed E-state index contributed by atoms with van der Waals surface area (Å²) in [6, 6.07) is 4.12. The highest BCUT2D eigenvalue weighted by Gasteiger charge is 2.26. The van der Waals surface area contributed by atoms with Gasteiger partial charge < -0.3 is 10.2 Å². The highest BCUT2D eigenvalue weighted by molar-refractivity contribution is 5.79. The molecule has 0 radical (unpaired) electrons. The second-order valence-corrected chi connectivity index (χ2v) is 8.62. The Hall–Kier alpha value is -1.95.